The van der Waals surface area contributed by atoms with Crippen molar-refractivity contribution in [1.29, 1.82) is 0 Å². The van der Waals surface area contributed by atoms with Gasteiger partial charge in [-0.2, -0.15) is 5.10 Å². The summed E-state index contributed by atoms with van der Waals surface area (Å²) in [6.45, 7) is 4.27. The lowest BCUT2D eigenvalue weighted by atomic mass is 9.85. The third-order valence-corrected chi connectivity index (χ3v) is 6.50. The van der Waals surface area contributed by atoms with Crippen molar-refractivity contribution < 1.29 is 4.39 Å². The summed E-state index contributed by atoms with van der Waals surface area (Å²) in [5.41, 5.74) is 4.09. The number of hydrogen-bond donors (Lipinski definition) is 0. The largest absolute Gasteiger partial charge is 0.312 e. The first-order chi connectivity index (χ1) is 14.6. The first-order valence-corrected chi connectivity index (χ1v) is 10.8. The molecule has 5 nitrogen and oxygen atoms in total. The van der Waals surface area contributed by atoms with E-state index >= 15 is 0 Å². The second-order valence-electron chi connectivity index (χ2n) is 8.33. The van der Waals surface area contributed by atoms with Crippen LogP contribution >= 0.6 is 0 Å². The molecule has 2 unspecified atom stereocenters. The minimum absolute atomic E-state index is 0.00229. The summed E-state index contributed by atoms with van der Waals surface area (Å²) in [7, 11) is 0. The van der Waals surface area contributed by atoms with Crippen molar-refractivity contribution in [2.75, 3.05) is 0 Å². The molecule has 0 bridgehead atoms. The number of aromatic nitrogens is 4. The van der Waals surface area contributed by atoms with Gasteiger partial charge in [0.15, 0.2) is 5.65 Å². The molecule has 2 atom stereocenters. The van der Waals surface area contributed by atoms with E-state index in [0.717, 1.165) is 41.6 Å². The van der Waals surface area contributed by atoms with E-state index in [4.69, 9.17) is 5.10 Å². The number of nitrogens with zero attached hydrogens (tertiary/aromatic N) is 4. The summed E-state index contributed by atoms with van der Waals surface area (Å²) in [6, 6.07) is 8.62. The van der Waals surface area contributed by atoms with Crippen molar-refractivity contribution in [2.24, 2.45) is 5.92 Å². The number of aryl methyl sites for hydroxylation is 1. The fourth-order valence-corrected chi connectivity index (χ4v) is 4.86. The monoisotopic (exact) mass is 404 g/mol. The second-order valence-corrected chi connectivity index (χ2v) is 8.33. The SMILES string of the molecule is CCc1nn2c(ncc3c(=O)n(C4CCCCC4C)ccc32)c1-c1ccc(F)cc1. The highest BCUT2D eigenvalue weighted by Crippen LogP contribution is 2.33. The fourth-order valence-electron chi connectivity index (χ4n) is 4.86. The lowest BCUT2D eigenvalue weighted by Gasteiger charge is -2.30. The van der Waals surface area contributed by atoms with Gasteiger partial charge in [0.05, 0.1) is 16.6 Å². The lowest BCUT2D eigenvalue weighted by molar-refractivity contribution is 0.253. The van der Waals surface area contributed by atoms with E-state index in [-0.39, 0.29) is 17.4 Å². The lowest BCUT2D eigenvalue weighted by Crippen LogP contribution is -2.30. The summed E-state index contributed by atoms with van der Waals surface area (Å²) < 4.78 is 17.1. The van der Waals surface area contributed by atoms with Gasteiger partial charge < -0.3 is 4.57 Å². The van der Waals surface area contributed by atoms with Gasteiger partial charge in [0, 0.05) is 24.0 Å². The van der Waals surface area contributed by atoms with E-state index in [0.29, 0.717) is 23.4 Å². The first-order valence-electron chi connectivity index (χ1n) is 10.8. The van der Waals surface area contributed by atoms with Crippen molar-refractivity contribution in [3.63, 3.8) is 0 Å². The summed E-state index contributed by atoms with van der Waals surface area (Å²) in [5.74, 6) is 0.219. The molecule has 0 aliphatic heterocycles. The highest BCUT2D eigenvalue weighted by molar-refractivity contribution is 5.86. The highest BCUT2D eigenvalue weighted by atomic mass is 19.1. The molecule has 0 spiro atoms. The quantitative estimate of drug-likeness (QED) is 0.474. The Morgan fingerprint density at radius 3 is 2.63 bits per heavy atom. The van der Waals surface area contributed by atoms with E-state index in [1.165, 1.54) is 18.6 Å². The molecule has 154 valence electrons. The number of benzene rings is 1. The van der Waals surface area contributed by atoms with Crippen molar-refractivity contribution in [2.45, 2.75) is 52.0 Å². The molecular weight excluding hydrogens is 379 g/mol. The van der Waals surface area contributed by atoms with Crippen LogP contribution in [0.4, 0.5) is 4.39 Å². The van der Waals surface area contributed by atoms with E-state index in [1.807, 2.05) is 23.8 Å². The molecule has 30 heavy (non-hydrogen) atoms. The van der Waals surface area contributed by atoms with Gasteiger partial charge in [0.25, 0.3) is 5.56 Å². The van der Waals surface area contributed by atoms with Gasteiger partial charge in [-0.15, -0.1) is 0 Å². The van der Waals surface area contributed by atoms with Crippen LogP contribution in [0.2, 0.25) is 0 Å². The Balaban J connectivity index is 1.72. The molecule has 1 aliphatic carbocycles. The van der Waals surface area contributed by atoms with Gasteiger partial charge in [-0.1, -0.05) is 38.8 Å². The molecule has 0 saturated heterocycles. The molecule has 1 saturated carbocycles. The van der Waals surface area contributed by atoms with E-state index in [2.05, 4.69) is 11.9 Å². The van der Waals surface area contributed by atoms with Crippen molar-refractivity contribution in [1.82, 2.24) is 19.2 Å². The topological polar surface area (TPSA) is 52.2 Å². The van der Waals surface area contributed by atoms with Crippen LogP contribution in [0.25, 0.3) is 27.7 Å². The summed E-state index contributed by atoms with van der Waals surface area (Å²) in [6.07, 6.45) is 8.91. The second kappa shape index (κ2) is 7.35. The predicted octanol–water partition coefficient (Wildman–Crippen LogP) is 5.16. The minimum atomic E-state index is -0.274. The van der Waals surface area contributed by atoms with Gasteiger partial charge in [-0.25, -0.2) is 13.9 Å². The summed E-state index contributed by atoms with van der Waals surface area (Å²) in [4.78, 5) is 18.0. The van der Waals surface area contributed by atoms with Gasteiger partial charge >= 0.3 is 0 Å². The first kappa shape index (κ1) is 19.0. The third-order valence-electron chi connectivity index (χ3n) is 6.50. The Morgan fingerprint density at radius 1 is 1.13 bits per heavy atom. The minimum Gasteiger partial charge on any atom is -0.312 e. The van der Waals surface area contributed by atoms with Crippen LogP contribution < -0.4 is 5.56 Å². The van der Waals surface area contributed by atoms with Crippen molar-refractivity contribution in [3.05, 3.63) is 64.6 Å². The Bertz CT molecular complexity index is 1290. The predicted molar refractivity (Wildman–Crippen MR) is 116 cm³/mol. The molecular formula is C24H25FN4O. The number of hydrogen-bond acceptors (Lipinski definition) is 3. The van der Waals surface area contributed by atoms with Crippen LogP contribution in [0, 0.1) is 11.7 Å². The van der Waals surface area contributed by atoms with Gasteiger partial charge in [0.1, 0.15) is 5.82 Å². The molecule has 1 aromatic carbocycles. The van der Waals surface area contributed by atoms with Crippen LogP contribution in [-0.2, 0) is 6.42 Å². The standard InChI is InChI=1S/C24H25FN4O/c1-3-19-22(16-8-10-17(25)11-9-16)23-26-14-18-21(29(23)27-19)12-13-28(24(18)30)20-7-5-4-6-15(20)2/h8-15,20H,3-7H2,1-2H3. The maximum absolute atomic E-state index is 13.4. The number of rotatable bonds is 3. The van der Waals surface area contributed by atoms with Crippen molar-refractivity contribution >= 4 is 16.6 Å². The Morgan fingerprint density at radius 2 is 1.90 bits per heavy atom. The number of fused-ring (bicyclic) bond motifs is 3. The average Bonchev–Trinajstić information content (AvgIpc) is 3.14. The van der Waals surface area contributed by atoms with Crippen LogP contribution in [0.3, 0.4) is 0 Å². The van der Waals surface area contributed by atoms with Gasteiger partial charge in [-0.05, 0) is 48.9 Å². The van der Waals surface area contributed by atoms with Crippen LogP contribution in [0.1, 0.15) is 51.3 Å². The smallest absolute Gasteiger partial charge is 0.261 e. The van der Waals surface area contributed by atoms with Gasteiger partial charge in [0.2, 0.25) is 0 Å². The summed E-state index contributed by atoms with van der Waals surface area (Å²) in [5, 5.41) is 5.35. The zero-order chi connectivity index (χ0) is 20.8. The van der Waals surface area contributed by atoms with Crippen LogP contribution in [0.5, 0.6) is 0 Å². The molecule has 0 N–H and O–H groups in total. The molecule has 5 rings (SSSR count). The number of halogens is 1. The maximum atomic E-state index is 13.4. The highest BCUT2D eigenvalue weighted by Gasteiger charge is 2.25. The molecule has 0 amide bonds. The molecule has 0 radical (unpaired) electrons. The fraction of sp³-hybridized carbons (Fsp3) is 0.375. The van der Waals surface area contributed by atoms with E-state index in [1.54, 1.807) is 22.8 Å². The normalized spacial score (nSPS) is 19.6. The zero-order valence-electron chi connectivity index (χ0n) is 17.3. The van der Waals surface area contributed by atoms with Crippen LogP contribution in [0.15, 0.2) is 47.5 Å². The Kier molecular flexibility index (Phi) is 4.65. The Labute approximate surface area is 174 Å². The summed E-state index contributed by atoms with van der Waals surface area (Å²) >= 11 is 0. The number of pyridine rings is 1. The average molecular weight is 404 g/mol. The van der Waals surface area contributed by atoms with Crippen molar-refractivity contribution in [3.8, 4) is 11.1 Å². The maximum Gasteiger partial charge on any atom is 0.261 e. The Hall–Kier alpha value is -3.02. The third kappa shape index (κ3) is 2.93. The van der Waals surface area contributed by atoms with Crippen LogP contribution in [-0.4, -0.2) is 19.2 Å². The van der Waals surface area contributed by atoms with E-state index in [9.17, 15) is 9.18 Å². The van der Waals surface area contributed by atoms with E-state index < -0.39 is 0 Å². The molecule has 3 heterocycles. The molecule has 3 aromatic heterocycles. The molecule has 1 fully saturated rings. The zero-order valence-corrected chi connectivity index (χ0v) is 17.3. The van der Waals surface area contributed by atoms with Gasteiger partial charge in [-0.3, -0.25) is 4.79 Å². The molecule has 1 aliphatic rings. The molecule has 6 heteroatoms. The molecule has 4 aromatic rings.